The summed E-state index contributed by atoms with van der Waals surface area (Å²) in [5.74, 6) is 0.939. The minimum atomic E-state index is -0.124. The molecule has 1 fully saturated rings. The van der Waals surface area contributed by atoms with Crippen LogP contribution in [-0.2, 0) is 11.3 Å². The van der Waals surface area contributed by atoms with E-state index in [1.165, 1.54) is 5.56 Å². The Morgan fingerprint density at radius 3 is 2.65 bits per heavy atom. The molecular weight excluding hydrogens is 250 g/mol. The van der Waals surface area contributed by atoms with Crippen molar-refractivity contribution in [2.24, 2.45) is 0 Å². The molecule has 1 aliphatic rings. The van der Waals surface area contributed by atoms with Gasteiger partial charge in [-0.2, -0.15) is 0 Å². The third kappa shape index (κ3) is 3.74. The lowest BCUT2D eigenvalue weighted by Crippen LogP contribution is -2.42. The molecule has 3 nitrogen and oxygen atoms in total. The molecule has 1 N–H and O–H groups in total. The Bertz CT molecular complexity index is 454. The number of hydrogen-bond donors (Lipinski definition) is 1. The lowest BCUT2D eigenvalue weighted by atomic mass is 9.94. The van der Waals surface area contributed by atoms with Gasteiger partial charge in [0, 0.05) is 12.6 Å². The maximum Gasteiger partial charge on any atom is 0.119 e. The molecule has 1 heterocycles. The minimum Gasteiger partial charge on any atom is -0.494 e. The van der Waals surface area contributed by atoms with Crippen LogP contribution in [0.1, 0.15) is 46.6 Å². The molecule has 1 atom stereocenters. The minimum absolute atomic E-state index is 0.0473. The van der Waals surface area contributed by atoms with E-state index in [0.717, 1.165) is 18.7 Å². The Kier molecular flexibility index (Phi) is 4.40. The second-order valence-corrected chi connectivity index (χ2v) is 6.68. The van der Waals surface area contributed by atoms with Gasteiger partial charge in [-0.05, 0) is 58.7 Å². The average molecular weight is 277 g/mol. The van der Waals surface area contributed by atoms with Crippen LogP contribution in [0.15, 0.2) is 24.3 Å². The fourth-order valence-electron chi connectivity index (χ4n) is 3.03. The fourth-order valence-corrected chi connectivity index (χ4v) is 3.03. The first-order chi connectivity index (χ1) is 9.32. The summed E-state index contributed by atoms with van der Waals surface area (Å²) in [5.41, 5.74) is 1.08. The zero-order valence-corrected chi connectivity index (χ0v) is 13.3. The third-order valence-electron chi connectivity index (χ3n) is 3.84. The number of ether oxygens (including phenoxy) is 2. The molecule has 0 bridgehead atoms. The van der Waals surface area contributed by atoms with Crippen LogP contribution >= 0.6 is 0 Å². The van der Waals surface area contributed by atoms with Crippen molar-refractivity contribution < 1.29 is 9.47 Å². The number of rotatable bonds is 5. The molecule has 0 spiro atoms. The molecule has 0 aromatic heterocycles. The first kappa shape index (κ1) is 15.3. The van der Waals surface area contributed by atoms with E-state index in [4.69, 9.17) is 9.47 Å². The van der Waals surface area contributed by atoms with E-state index < -0.39 is 0 Å². The molecule has 1 aromatic carbocycles. The highest BCUT2D eigenvalue weighted by Gasteiger charge is 2.45. The molecule has 20 heavy (non-hydrogen) atoms. The third-order valence-corrected chi connectivity index (χ3v) is 3.84. The van der Waals surface area contributed by atoms with Gasteiger partial charge in [0.1, 0.15) is 5.75 Å². The van der Waals surface area contributed by atoms with E-state index in [1.54, 1.807) is 0 Å². The van der Waals surface area contributed by atoms with E-state index in [2.05, 4.69) is 45.1 Å². The summed E-state index contributed by atoms with van der Waals surface area (Å²) in [7, 11) is 0. The Balaban J connectivity index is 1.97. The zero-order chi connectivity index (χ0) is 14.8. The van der Waals surface area contributed by atoms with Crippen molar-refractivity contribution >= 4 is 0 Å². The molecule has 1 saturated heterocycles. The summed E-state index contributed by atoms with van der Waals surface area (Å²) in [4.78, 5) is 0. The van der Waals surface area contributed by atoms with E-state index in [9.17, 15) is 0 Å². The van der Waals surface area contributed by atoms with Crippen molar-refractivity contribution in [2.45, 2.75) is 64.8 Å². The van der Waals surface area contributed by atoms with Crippen LogP contribution < -0.4 is 10.1 Å². The predicted molar refractivity (Wildman–Crippen MR) is 82.1 cm³/mol. The van der Waals surface area contributed by atoms with E-state index in [0.29, 0.717) is 12.6 Å². The van der Waals surface area contributed by atoms with Crippen molar-refractivity contribution in [3.05, 3.63) is 29.8 Å². The first-order valence-electron chi connectivity index (χ1n) is 7.48. The quantitative estimate of drug-likeness (QED) is 0.893. The molecule has 1 unspecified atom stereocenters. The average Bonchev–Trinajstić information content (AvgIpc) is 2.55. The van der Waals surface area contributed by atoms with Gasteiger partial charge in [0.2, 0.25) is 0 Å². The van der Waals surface area contributed by atoms with E-state index >= 15 is 0 Å². The van der Waals surface area contributed by atoms with Gasteiger partial charge >= 0.3 is 0 Å². The van der Waals surface area contributed by atoms with Gasteiger partial charge in [0.25, 0.3) is 0 Å². The molecule has 112 valence electrons. The maximum absolute atomic E-state index is 6.11. The van der Waals surface area contributed by atoms with Crippen LogP contribution in [0.25, 0.3) is 0 Å². The van der Waals surface area contributed by atoms with Crippen LogP contribution in [0.5, 0.6) is 5.75 Å². The number of benzene rings is 1. The summed E-state index contributed by atoms with van der Waals surface area (Å²) in [5, 5.41) is 3.63. The highest BCUT2D eigenvalue weighted by Crippen LogP contribution is 2.37. The highest BCUT2D eigenvalue weighted by atomic mass is 16.5. The Hall–Kier alpha value is -1.06. The largest absolute Gasteiger partial charge is 0.494 e. The molecule has 0 aliphatic carbocycles. The first-order valence-corrected chi connectivity index (χ1v) is 7.48. The van der Waals surface area contributed by atoms with Gasteiger partial charge < -0.3 is 14.8 Å². The Labute approximate surface area is 122 Å². The second-order valence-electron chi connectivity index (χ2n) is 6.68. The summed E-state index contributed by atoms with van der Waals surface area (Å²) < 4.78 is 11.7. The summed E-state index contributed by atoms with van der Waals surface area (Å²) in [6.45, 7) is 12.2. The maximum atomic E-state index is 6.11. The molecular formula is C17H27NO2. The molecule has 1 aromatic rings. The lowest BCUT2D eigenvalue weighted by Gasteiger charge is -2.28. The van der Waals surface area contributed by atoms with E-state index in [1.807, 2.05) is 19.1 Å². The van der Waals surface area contributed by atoms with Crippen LogP contribution in [0.4, 0.5) is 0 Å². The predicted octanol–water partition coefficient (Wildman–Crippen LogP) is 3.52. The lowest BCUT2D eigenvalue weighted by molar-refractivity contribution is -0.0699. The van der Waals surface area contributed by atoms with Crippen molar-refractivity contribution in [3.8, 4) is 5.75 Å². The molecule has 3 heteroatoms. The van der Waals surface area contributed by atoms with Gasteiger partial charge in [-0.15, -0.1) is 0 Å². The van der Waals surface area contributed by atoms with E-state index in [-0.39, 0.29) is 11.2 Å². The SMILES string of the molecule is CCOc1cccc(CNC2CC(C)(C)OC2(C)C)c1. The van der Waals surface area contributed by atoms with Crippen molar-refractivity contribution in [2.75, 3.05) is 6.61 Å². The van der Waals surface area contributed by atoms with Crippen molar-refractivity contribution in [3.63, 3.8) is 0 Å². The zero-order valence-electron chi connectivity index (χ0n) is 13.3. The molecule has 0 saturated carbocycles. The highest BCUT2D eigenvalue weighted by molar-refractivity contribution is 5.28. The summed E-state index contributed by atoms with van der Waals surface area (Å²) in [6.07, 6.45) is 1.03. The van der Waals surface area contributed by atoms with Crippen LogP contribution in [-0.4, -0.2) is 23.9 Å². The van der Waals surface area contributed by atoms with Gasteiger partial charge in [0.15, 0.2) is 0 Å². The van der Waals surface area contributed by atoms with Gasteiger partial charge in [0.05, 0.1) is 17.8 Å². The van der Waals surface area contributed by atoms with Gasteiger partial charge in [-0.25, -0.2) is 0 Å². The van der Waals surface area contributed by atoms with Crippen LogP contribution in [0.2, 0.25) is 0 Å². The Morgan fingerprint density at radius 1 is 1.30 bits per heavy atom. The Morgan fingerprint density at radius 2 is 2.05 bits per heavy atom. The number of hydrogen-bond acceptors (Lipinski definition) is 3. The van der Waals surface area contributed by atoms with Gasteiger partial charge in [-0.3, -0.25) is 0 Å². The molecule has 0 radical (unpaired) electrons. The van der Waals surface area contributed by atoms with Gasteiger partial charge in [-0.1, -0.05) is 12.1 Å². The van der Waals surface area contributed by atoms with Crippen LogP contribution in [0, 0.1) is 0 Å². The normalized spacial score (nSPS) is 23.8. The molecule has 2 rings (SSSR count). The second kappa shape index (κ2) is 5.74. The fraction of sp³-hybridized carbons (Fsp3) is 0.647. The van der Waals surface area contributed by atoms with Crippen molar-refractivity contribution in [1.82, 2.24) is 5.32 Å². The molecule has 1 aliphatic heterocycles. The monoisotopic (exact) mass is 277 g/mol. The standard InChI is InChI=1S/C17H27NO2/c1-6-19-14-9-7-8-13(10-14)12-18-15-11-16(2,3)20-17(15,4)5/h7-10,15,18H,6,11-12H2,1-5H3. The summed E-state index contributed by atoms with van der Waals surface area (Å²) >= 11 is 0. The van der Waals surface area contributed by atoms with Crippen molar-refractivity contribution in [1.29, 1.82) is 0 Å². The molecule has 0 amide bonds. The van der Waals surface area contributed by atoms with Crippen LogP contribution in [0.3, 0.4) is 0 Å². The smallest absolute Gasteiger partial charge is 0.119 e. The topological polar surface area (TPSA) is 30.5 Å². The number of nitrogens with one attached hydrogen (secondary N) is 1. The summed E-state index contributed by atoms with van der Waals surface area (Å²) in [6, 6.07) is 8.64.